The van der Waals surface area contributed by atoms with Crippen LogP contribution in [0.1, 0.15) is 11.1 Å². The van der Waals surface area contributed by atoms with Crippen LogP contribution >= 0.6 is 0 Å². The Hall–Kier alpha value is -6.65. The topological polar surface area (TPSA) is 45.7 Å². The van der Waals surface area contributed by atoms with E-state index in [1.54, 1.807) is 0 Å². The molecule has 2 heterocycles. The fraction of sp³-hybridized carbons (Fsp3) is 0. The van der Waals surface area contributed by atoms with Gasteiger partial charge in [-0.2, -0.15) is 0 Å². The van der Waals surface area contributed by atoms with Gasteiger partial charge in [0.25, 0.3) is 0 Å². The second-order valence-electron chi connectivity index (χ2n) is 12.3. The van der Waals surface area contributed by atoms with Crippen molar-refractivity contribution >= 4 is 55.0 Å². The highest BCUT2D eigenvalue weighted by molar-refractivity contribution is 6.19. The van der Waals surface area contributed by atoms with Crippen molar-refractivity contribution in [2.45, 2.75) is 0 Å². The number of nitrogens with one attached hydrogen (secondary N) is 2. The molecule has 2 aromatic heterocycles. The second kappa shape index (κ2) is 11.9. The normalized spacial score (nSPS) is 11.9. The summed E-state index contributed by atoms with van der Waals surface area (Å²) in [5, 5.41) is 13.8. The average Bonchev–Trinajstić information content (AvgIpc) is 3.68. The van der Waals surface area contributed by atoms with E-state index >= 15 is 0 Å². The monoisotopic (exact) mass is 628 g/mol. The molecular formula is C45H32N4. The summed E-state index contributed by atoms with van der Waals surface area (Å²) in [7, 11) is 0. The van der Waals surface area contributed by atoms with E-state index in [0.29, 0.717) is 5.71 Å². The maximum atomic E-state index is 9.06. The lowest BCUT2D eigenvalue weighted by Gasteiger charge is -2.18. The van der Waals surface area contributed by atoms with Crippen molar-refractivity contribution < 1.29 is 0 Å². The molecule has 0 atom stereocenters. The zero-order valence-corrected chi connectivity index (χ0v) is 26.7. The maximum Gasteiger partial charge on any atom is 0.0789 e. The van der Waals surface area contributed by atoms with Crippen LogP contribution in [0, 0.1) is 5.41 Å². The zero-order valence-electron chi connectivity index (χ0n) is 26.7. The summed E-state index contributed by atoms with van der Waals surface area (Å²) in [5.41, 5.74) is 14.8. The van der Waals surface area contributed by atoms with Crippen LogP contribution in [0.2, 0.25) is 0 Å². The van der Waals surface area contributed by atoms with E-state index in [0.717, 1.165) is 55.4 Å². The summed E-state index contributed by atoms with van der Waals surface area (Å²) >= 11 is 0. The van der Waals surface area contributed by atoms with Gasteiger partial charge in [0.1, 0.15) is 0 Å². The van der Waals surface area contributed by atoms with Crippen molar-refractivity contribution in [2.24, 2.45) is 0 Å². The van der Waals surface area contributed by atoms with E-state index in [1.807, 2.05) is 54.6 Å². The number of fused-ring (bicyclic) bond motifs is 6. The molecule has 2 N–H and O–H groups in total. The summed E-state index contributed by atoms with van der Waals surface area (Å²) in [6, 6.07) is 61.3. The molecule has 4 nitrogen and oxygen atoms in total. The summed E-state index contributed by atoms with van der Waals surface area (Å²) in [6.45, 7) is 0. The van der Waals surface area contributed by atoms with Gasteiger partial charge in [-0.1, -0.05) is 152 Å². The van der Waals surface area contributed by atoms with Gasteiger partial charge in [-0.25, -0.2) is 0 Å². The molecule has 0 fully saturated rings. The van der Waals surface area contributed by atoms with Crippen molar-refractivity contribution in [1.29, 1.82) is 5.41 Å². The number of benzene rings is 7. The number of allylic oxidation sites excluding steroid dienone is 1. The molecule has 0 unspecified atom stereocenters. The lowest BCUT2D eigenvalue weighted by Crippen LogP contribution is -2.15. The SMILES string of the molecule is N=C(/C=C(\Nn1c2ccccc2c2cccc(-c3cccc4c5ccccc5n(-c5ccccc5)c34)c21)c1ccccc1)c1ccccc1. The van der Waals surface area contributed by atoms with Crippen LogP contribution in [0.3, 0.4) is 0 Å². The van der Waals surface area contributed by atoms with Crippen molar-refractivity contribution in [3.8, 4) is 16.8 Å². The highest BCUT2D eigenvalue weighted by Gasteiger charge is 2.21. The van der Waals surface area contributed by atoms with Crippen LogP contribution in [-0.4, -0.2) is 15.0 Å². The van der Waals surface area contributed by atoms with Crippen LogP contribution < -0.4 is 5.43 Å². The van der Waals surface area contributed by atoms with Gasteiger partial charge in [0.2, 0.25) is 0 Å². The molecule has 0 bridgehead atoms. The van der Waals surface area contributed by atoms with Crippen molar-refractivity contribution in [3.63, 3.8) is 0 Å². The first-order valence-corrected chi connectivity index (χ1v) is 16.5. The van der Waals surface area contributed by atoms with Gasteiger partial charge in [-0.15, -0.1) is 0 Å². The molecule has 49 heavy (non-hydrogen) atoms. The maximum absolute atomic E-state index is 9.06. The summed E-state index contributed by atoms with van der Waals surface area (Å²) in [5.74, 6) is 0. The molecule has 9 rings (SSSR count). The molecule has 0 aliphatic rings. The molecule has 9 aromatic rings. The van der Waals surface area contributed by atoms with E-state index in [9.17, 15) is 0 Å². The molecule has 0 radical (unpaired) electrons. The molecule has 0 saturated heterocycles. The second-order valence-corrected chi connectivity index (χ2v) is 12.3. The van der Waals surface area contributed by atoms with Gasteiger partial charge in [0, 0.05) is 38.4 Å². The van der Waals surface area contributed by atoms with Gasteiger partial charge in [0.15, 0.2) is 0 Å². The van der Waals surface area contributed by atoms with Gasteiger partial charge in [-0.3, -0.25) is 10.1 Å². The van der Waals surface area contributed by atoms with Crippen LogP contribution in [0.5, 0.6) is 0 Å². The highest BCUT2D eigenvalue weighted by atomic mass is 15.4. The van der Waals surface area contributed by atoms with Gasteiger partial charge < -0.3 is 9.98 Å². The fourth-order valence-electron chi connectivity index (χ4n) is 7.20. The van der Waals surface area contributed by atoms with Crippen molar-refractivity contribution in [2.75, 3.05) is 5.43 Å². The van der Waals surface area contributed by atoms with Crippen LogP contribution in [-0.2, 0) is 0 Å². The van der Waals surface area contributed by atoms with E-state index in [-0.39, 0.29) is 0 Å². The number of rotatable bonds is 7. The minimum Gasteiger partial charge on any atom is -0.309 e. The third-order valence-electron chi connectivity index (χ3n) is 9.38. The third-order valence-corrected chi connectivity index (χ3v) is 9.38. The number of hydrogen-bond acceptors (Lipinski definition) is 2. The van der Waals surface area contributed by atoms with E-state index in [4.69, 9.17) is 5.41 Å². The largest absolute Gasteiger partial charge is 0.309 e. The van der Waals surface area contributed by atoms with Gasteiger partial charge in [-0.05, 0) is 41.5 Å². The Bertz CT molecular complexity index is 2680. The molecular weight excluding hydrogens is 597 g/mol. The lowest BCUT2D eigenvalue weighted by atomic mass is 9.99. The zero-order chi connectivity index (χ0) is 32.7. The van der Waals surface area contributed by atoms with E-state index in [2.05, 4.69) is 142 Å². The summed E-state index contributed by atoms with van der Waals surface area (Å²) in [6.07, 6.45) is 1.93. The Labute approximate surface area is 284 Å². The molecule has 0 aliphatic heterocycles. The Morgan fingerprint density at radius 3 is 1.61 bits per heavy atom. The Kier molecular flexibility index (Phi) is 6.91. The fourth-order valence-corrected chi connectivity index (χ4v) is 7.20. The molecule has 0 aliphatic carbocycles. The highest BCUT2D eigenvalue weighted by Crippen LogP contribution is 2.42. The minimum absolute atomic E-state index is 0.435. The minimum atomic E-state index is 0.435. The average molecular weight is 629 g/mol. The summed E-state index contributed by atoms with van der Waals surface area (Å²) < 4.78 is 4.61. The smallest absolute Gasteiger partial charge is 0.0789 e. The van der Waals surface area contributed by atoms with E-state index in [1.165, 1.54) is 21.8 Å². The molecule has 0 spiro atoms. The number of para-hydroxylation sites is 5. The predicted octanol–water partition coefficient (Wildman–Crippen LogP) is 11.2. The quantitative estimate of drug-likeness (QED) is 0.170. The number of hydrogen-bond donors (Lipinski definition) is 2. The Balaban J connectivity index is 1.34. The van der Waals surface area contributed by atoms with Crippen molar-refractivity contribution in [3.05, 3.63) is 193 Å². The van der Waals surface area contributed by atoms with Crippen molar-refractivity contribution in [1.82, 2.24) is 9.24 Å². The number of nitrogens with zero attached hydrogens (tertiary/aromatic N) is 2. The molecule has 7 aromatic carbocycles. The van der Waals surface area contributed by atoms with Crippen LogP contribution in [0.25, 0.3) is 66.1 Å². The van der Waals surface area contributed by atoms with E-state index < -0.39 is 0 Å². The first-order chi connectivity index (χ1) is 24.3. The van der Waals surface area contributed by atoms with Gasteiger partial charge >= 0.3 is 0 Å². The standard InChI is InChI=1S/C45H32N4/c46-40(31-16-4-1-5-17-31)30-41(32-18-6-2-7-19-32)47-49-43-29-13-11-23-35(43)37-25-15-27-39(45(37)49)38-26-14-24-36-34-22-10-12-28-42(34)48(44(36)38)33-20-8-3-9-21-33/h1-30,46-47H/b41-30-,46-40?. The first kappa shape index (κ1) is 28.6. The predicted molar refractivity (Wildman–Crippen MR) is 206 cm³/mol. The lowest BCUT2D eigenvalue weighted by molar-refractivity contribution is 1.06. The Morgan fingerprint density at radius 1 is 0.449 bits per heavy atom. The molecule has 0 amide bonds. The number of aromatic nitrogens is 2. The molecule has 4 heteroatoms. The van der Waals surface area contributed by atoms with Gasteiger partial charge in [0.05, 0.1) is 33.5 Å². The molecule has 232 valence electrons. The Morgan fingerprint density at radius 2 is 0.939 bits per heavy atom. The molecule has 0 saturated carbocycles. The summed E-state index contributed by atoms with van der Waals surface area (Å²) in [4.78, 5) is 0. The third kappa shape index (κ3) is 4.81. The first-order valence-electron chi connectivity index (χ1n) is 16.5. The van der Waals surface area contributed by atoms with Crippen LogP contribution in [0.15, 0.2) is 182 Å². The van der Waals surface area contributed by atoms with Crippen LogP contribution in [0.4, 0.5) is 0 Å².